The lowest BCUT2D eigenvalue weighted by Crippen LogP contribution is -2.27. The lowest BCUT2D eigenvalue weighted by Gasteiger charge is -2.18. The summed E-state index contributed by atoms with van der Waals surface area (Å²) < 4.78 is 0. The first-order chi connectivity index (χ1) is 9.81. The van der Waals surface area contributed by atoms with Gasteiger partial charge in [0.15, 0.2) is 0 Å². The molecule has 2 saturated heterocycles. The van der Waals surface area contributed by atoms with Gasteiger partial charge in [0.2, 0.25) is 5.91 Å². The van der Waals surface area contributed by atoms with E-state index >= 15 is 0 Å². The summed E-state index contributed by atoms with van der Waals surface area (Å²) in [4.78, 5) is 14.4. The molecule has 2 aliphatic rings. The quantitative estimate of drug-likeness (QED) is 0.880. The Morgan fingerprint density at radius 3 is 2.68 bits per heavy atom. The highest BCUT2D eigenvalue weighted by atomic mass is 35.5. The van der Waals surface area contributed by atoms with Crippen LogP contribution < -0.4 is 15.5 Å². The molecule has 124 valence electrons. The fourth-order valence-corrected chi connectivity index (χ4v) is 3.12. The van der Waals surface area contributed by atoms with Gasteiger partial charge in [-0.25, -0.2) is 0 Å². The Kier molecular flexibility index (Phi) is 8.01. The maximum atomic E-state index is 12.0. The second-order valence-corrected chi connectivity index (χ2v) is 5.79. The lowest BCUT2D eigenvalue weighted by molar-refractivity contribution is -0.116. The molecule has 2 N–H and O–H groups in total. The Labute approximate surface area is 144 Å². The van der Waals surface area contributed by atoms with E-state index < -0.39 is 0 Å². The van der Waals surface area contributed by atoms with Gasteiger partial charge in [0.05, 0.1) is 0 Å². The molecular formula is C16H25Cl2N3O. The maximum Gasteiger partial charge on any atom is 0.225 e. The third-order valence-corrected chi connectivity index (χ3v) is 4.20. The summed E-state index contributed by atoms with van der Waals surface area (Å²) in [5, 5.41) is 6.39. The van der Waals surface area contributed by atoms with E-state index in [0.717, 1.165) is 31.7 Å². The number of hydrogen-bond donors (Lipinski definition) is 2. The van der Waals surface area contributed by atoms with Crippen molar-refractivity contribution in [2.75, 3.05) is 29.9 Å². The van der Waals surface area contributed by atoms with Crippen molar-refractivity contribution in [2.45, 2.75) is 38.1 Å². The van der Waals surface area contributed by atoms with Gasteiger partial charge in [-0.15, -0.1) is 24.8 Å². The highest BCUT2D eigenvalue weighted by molar-refractivity contribution is 5.91. The maximum absolute atomic E-state index is 12.0. The molecule has 2 heterocycles. The highest BCUT2D eigenvalue weighted by Gasteiger charge is 2.18. The van der Waals surface area contributed by atoms with Gasteiger partial charge in [-0.2, -0.15) is 0 Å². The third-order valence-electron chi connectivity index (χ3n) is 4.20. The van der Waals surface area contributed by atoms with E-state index in [1.165, 1.54) is 24.9 Å². The van der Waals surface area contributed by atoms with Crippen LogP contribution >= 0.6 is 24.8 Å². The summed E-state index contributed by atoms with van der Waals surface area (Å²) in [5.41, 5.74) is 2.14. The average Bonchev–Trinajstić information content (AvgIpc) is 3.11. The minimum atomic E-state index is 0. The van der Waals surface area contributed by atoms with E-state index in [-0.39, 0.29) is 30.7 Å². The number of carbonyl (C=O) groups excluding carboxylic acids is 1. The number of nitrogens with zero attached hydrogens (tertiary/aromatic N) is 1. The van der Waals surface area contributed by atoms with Crippen molar-refractivity contribution in [2.24, 2.45) is 0 Å². The molecule has 1 unspecified atom stereocenters. The summed E-state index contributed by atoms with van der Waals surface area (Å²) in [7, 11) is 0. The SMILES string of the molecule is Cl.Cl.O=C(CC1CCCN1)Nc1cccc(N2CCCC2)c1. The van der Waals surface area contributed by atoms with Crippen LogP contribution in [-0.4, -0.2) is 31.6 Å². The summed E-state index contributed by atoms with van der Waals surface area (Å²) in [6, 6.07) is 8.57. The van der Waals surface area contributed by atoms with Gasteiger partial charge in [0, 0.05) is 36.9 Å². The first kappa shape index (κ1) is 19.1. The number of benzene rings is 1. The van der Waals surface area contributed by atoms with E-state index in [0.29, 0.717) is 12.5 Å². The van der Waals surface area contributed by atoms with Gasteiger partial charge in [-0.05, 0) is 50.4 Å². The van der Waals surface area contributed by atoms with Crippen LogP contribution in [0.15, 0.2) is 24.3 Å². The van der Waals surface area contributed by atoms with Crippen molar-refractivity contribution in [3.63, 3.8) is 0 Å². The number of rotatable bonds is 4. The molecule has 0 radical (unpaired) electrons. The first-order valence-corrected chi connectivity index (χ1v) is 7.69. The van der Waals surface area contributed by atoms with Gasteiger partial charge in [-0.1, -0.05) is 6.07 Å². The Balaban J connectivity index is 0.00000121. The van der Waals surface area contributed by atoms with Crippen LogP contribution in [0.4, 0.5) is 11.4 Å². The lowest BCUT2D eigenvalue weighted by atomic mass is 10.1. The molecule has 3 rings (SSSR count). The molecule has 0 spiro atoms. The Hall–Kier alpha value is -0.970. The molecule has 0 aromatic heterocycles. The molecule has 1 aromatic carbocycles. The van der Waals surface area contributed by atoms with E-state index in [4.69, 9.17) is 0 Å². The Morgan fingerprint density at radius 1 is 1.23 bits per heavy atom. The zero-order valence-electron chi connectivity index (χ0n) is 12.7. The molecular weight excluding hydrogens is 321 g/mol. The highest BCUT2D eigenvalue weighted by Crippen LogP contribution is 2.23. The van der Waals surface area contributed by atoms with Gasteiger partial charge in [-0.3, -0.25) is 4.79 Å². The predicted octanol–water partition coefficient (Wildman–Crippen LogP) is 3.21. The van der Waals surface area contributed by atoms with Crippen LogP contribution in [0.2, 0.25) is 0 Å². The first-order valence-electron chi connectivity index (χ1n) is 7.69. The summed E-state index contributed by atoms with van der Waals surface area (Å²) >= 11 is 0. The minimum Gasteiger partial charge on any atom is -0.371 e. The van der Waals surface area contributed by atoms with Crippen LogP contribution in [0, 0.1) is 0 Å². The van der Waals surface area contributed by atoms with Crippen molar-refractivity contribution < 1.29 is 4.79 Å². The fraction of sp³-hybridized carbons (Fsp3) is 0.562. The number of halogens is 2. The summed E-state index contributed by atoms with van der Waals surface area (Å²) in [5.74, 6) is 0.114. The van der Waals surface area contributed by atoms with Gasteiger partial charge in [0.1, 0.15) is 0 Å². The van der Waals surface area contributed by atoms with Crippen LogP contribution in [0.25, 0.3) is 0 Å². The number of hydrogen-bond acceptors (Lipinski definition) is 3. The predicted molar refractivity (Wildman–Crippen MR) is 96.7 cm³/mol. The van der Waals surface area contributed by atoms with Crippen molar-refractivity contribution in [1.29, 1.82) is 0 Å². The van der Waals surface area contributed by atoms with E-state index in [9.17, 15) is 4.79 Å². The van der Waals surface area contributed by atoms with E-state index in [2.05, 4.69) is 27.7 Å². The normalized spacial score (nSPS) is 20.2. The van der Waals surface area contributed by atoms with Crippen molar-refractivity contribution >= 4 is 42.1 Å². The second kappa shape index (κ2) is 9.23. The third kappa shape index (κ3) is 5.04. The standard InChI is InChI=1S/C16H23N3O.2ClH/c20-16(12-13-6-4-8-17-13)18-14-5-3-7-15(11-14)19-9-1-2-10-19;;/h3,5,7,11,13,17H,1-2,4,6,8-10,12H2,(H,18,20);2*1H. The zero-order chi connectivity index (χ0) is 13.8. The molecule has 4 nitrogen and oxygen atoms in total. The number of carbonyl (C=O) groups is 1. The number of anilines is 2. The molecule has 22 heavy (non-hydrogen) atoms. The van der Waals surface area contributed by atoms with Crippen molar-refractivity contribution in [3.05, 3.63) is 24.3 Å². The van der Waals surface area contributed by atoms with Crippen LogP contribution in [0.5, 0.6) is 0 Å². The van der Waals surface area contributed by atoms with Crippen molar-refractivity contribution in [1.82, 2.24) is 5.32 Å². The van der Waals surface area contributed by atoms with E-state index in [1.54, 1.807) is 0 Å². The van der Waals surface area contributed by atoms with Crippen molar-refractivity contribution in [3.8, 4) is 0 Å². The molecule has 6 heteroatoms. The topological polar surface area (TPSA) is 44.4 Å². The summed E-state index contributed by atoms with van der Waals surface area (Å²) in [6.45, 7) is 3.30. The largest absolute Gasteiger partial charge is 0.371 e. The Bertz CT molecular complexity index is 472. The second-order valence-electron chi connectivity index (χ2n) is 5.79. The molecule has 1 amide bonds. The van der Waals surface area contributed by atoms with Gasteiger partial charge < -0.3 is 15.5 Å². The Morgan fingerprint density at radius 2 is 2.00 bits per heavy atom. The number of nitrogens with one attached hydrogen (secondary N) is 2. The molecule has 2 fully saturated rings. The smallest absolute Gasteiger partial charge is 0.225 e. The zero-order valence-corrected chi connectivity index (χ0v) is 14.3. The molecule has 0 saturated carbocycles. The minimum absolute atomic E-state index is 0. The molecule has 1 atom stereocenters. The van der Waals surface area contributed by atoms with Crippen LogP contribution in [0.3, 0.4) is 0 Å². The molecule has 0 bridgehead atoms. The van der Waals surface area contributed by atoms with Gasteiger partial charge in [0.25, 0.3) is 0 Å². The van der Waals surface area contributed by atoms with E-state index in [1.807, 2.05) is 12.1 Å². The summed E-state index contributed by atoms with van der Waals surface area (Å²) in [6.07, 6.45) is 5.41. The molecule has 1 aromatic rings. The van der Waals surface area contributed by atoms with Crippen LogP contribution in [-0.2, 0) is 4.79 Å². The molecule has 0 aliphatic carbocycles. The van der Waals surface area contributed by atoms with Crippen LogP contribution in [0.1, 0.15) is 32.1 Å². The van der Waals surface area contributed by atoms with Gasteiger partial charge >= 0.3 is 0 Å². The monoisotopic (exact) mass is 345 g/mol. The molecule has 2 aliphatic heterocycles. The fourth-order valence-electron chi connectivity index (χ4n) is 3.12. The average molecular weight is 346 g/mol. The number of amides is 1.